The molecular formula is C12H10BrNO3. The van der Waals surface area contributed by atoms with E-state index in [1.54, 1.807) is 19.1 Å². The maximum Gasteiger partial charge on any atom is 0.310 e. The van der Waals surface area contributed by atoms with Gasteiger partial charge in [-0.1, -0.05) is 15.9 Å². The number of ether oxygens (including phenoxy) is 1. The van der Waals surface area contributed by atoms with E-state index in [-0.39, 0.29) is 13.0 Å². The van der Waals surface area contributed by atoms with Crippen molar-refractivity contribution in [1.29, 1.82) is 5.26 Å². The van der Waals surface area contributed by atoms with Crippen LogP contribution in [0.15, 0.2) is 16.6 Å². The van der Waals surface area contributed by atoms with Crippen LogP contribution in [0.5, 0.6) is 0 Å². The van der Waals surface area contributed by atoms with E-state index in [1.165, 1.54) is 0 Å². The summed E-state index contributed by atoms with van der Waals surface area (Å²) < 4.78 is 5.37. The summed E-state index contributed by atoms with van der Waals surface area (Å²) in [6.45, 7) is 1.97. The van der Waals surface area contributed by atoms with Gasteiger partial charge >= 0.3 is 5.97 Å². The minimum Gasteiger partial charge on any atom is -0.466 e. The van der Waals surface area contributed by atoms with Gasteiger partial charge in [0, 0.05) is 10.0 Å². The van der Waals surface area contributed by atoms with Crippen molar-refractivity contribution in [3.05, 3.63) is 33.3 Å². The first kappa shape index (κ1) is 13.4. The second-order valence-electron chi connectivity index (χ2n) is 3.20. The van der Waals surface area contributed by atoms with Gasteiger partial charge < -0.3 is 4.74 Å². The quantitative estimate of drug-likeness (QED) is 0.631. The predicted molar refractivity (Wildman–Crippen MR) is 64.6 cm³/mol. The lowest BCUT2D eigenvalue weighted by Gasteiger charge is -2.08. The van der Waals surface area contributed by atoms with Crippen LogP contribution in [0, 0.1) is 11.3 Å². The summed E-state index contributed by atoms with van der Waals surface area (Å²) in [6.07, 6.45) is 0.545. The minimum atomic E-state index is -0.454. The molecule has 0 fully saturated rings. The van der Waals surface area contributed by atoms with E-state index < -0.39 is 5.97 Å². The average molecular weight is 296 g/mol. The SMILES string of the molecule is CCOC(=O)Cc1c(C#N)ccc(Br)c1C=O. The van der Waals surface area contributed by atoms with Gasteiger partial charge in [0.15, 0.2) is 6.29 Å². The maximum atomic E-state index is 11.4. The summed E-state index contributed by atoms with van der Waals surface area (Å²) in [5, 5.41) is 8.94. The van der Waals surface area contributed by atoms with Crippen molar-refractivity contribution in [2.24, 2.45) is 0 Å². The number of carbonyl (C=O) groups excluding carboxylic acids is 2. The molecule has 17 heavy (non-hydrogen) atoms. The first-order valence-electron chi connectivity index (χ1n) is 4.96. The fourth-order valence-corrected chi connectivity index (χ4v) is 1.88. The molecule has 0 aliphatic rings. The Kier molecular flexibility index (Phi) is 4.85. The predicted octanol–water partition coefficient (Wildman–Crippen LogP) is 2.24. The Balaban J connectivity index is 3.19. The lowest BCUT2D eigenvalue weighted by molar-refractivity contribution is -0.142. The molecule has 0 saturated heterocycles. The molecule has 4 nitrogen and oxygen atoms in total. The molecule has 0 saturated carbocycles. The van der Waals surface area contributed by atoms with Crippen LogP contribution < -0.4 is 0 Å². The van der Waals surface area contributed by atoms with Gasteiger partial charge in [0.25, 0.3) is 0 Å². The van der Waals surface area contributed by atoms with Crippen LogP contribution in [-0.2, 0) is 16.0 Å². The second kappa shape index (κ2) is 6.16. The first-order valence-corrected chi connectivity index (χ1v) is 5.75. The topological polar surface area (TPSA) is 67.2 Å². The summed E-state index contributed by atoms with van der Waals surface area (Å²) in [5.74, 6) is -0.454. The van der Waals surface area contributed by atoms with Crippen molar-refractivity contribution in [2.45, 2.75) is 13.3 Å². The van der Waals surface area contributed by atoms with Crippen LogP contribution in [0.1, 0.15) is 28.4 Å². The molecular weight excluding hydrogens is 286 g/mol. The number of aldehydes is 1. The molecule has 0 aliphatic heterocycles. The average Bonchev–Trinajstić information content (AvgIpc) is 2.30. The molecule has 1 aromatic carbocycles. The minimum absolute atomic E-state index is 0.0791. The largest absolute Gasteiger partial charge is 0.466 e. The summed E-state index contributed by atoms with van der Waals surface area (Å²) in [6, 6.07) is 5.13. The number of halogens is 1. The van der Waals surface area contributed by atoms with Crippen molar-refractivity contribution >= 4 is 28.2 Å². The second-order valence-corrected chi connectivity index (χ2v) is 4.05. The molecule has 0 atom stereocenters. The zero-order valence-corrected chi connectivity index (χ0v) is 10.8. The van der Waals surface area contributed by atoms with Crippen LogP contribution in [0.4, 0.5) is 0 Å². The van der Waals surface area contributed by atoms with E-state index in [2.05, 4.69) is 15.9 Å². The zero-order chi connectivity index (χ0) is 12.8. The number of nitrogens with zero attached hydrogens (tertiary/aromatic N) is 1. The van der Waals surface area contributed by atoms with Crippen molar-refractivity contribution in [2.75, 3.05) is 6.61 Å². The fraction of sp³-hybridized carbons (Fsp3) is 0.250. The lowest BCUT2D eigenvalue weighted by Crippen LogP contribution is -2.11. The van der Waals surface area contributed by atoms with Crippen molar-refractivity contribution in [1.82, 2.24) is 0 Å². The summed E-state index contributed by atoms with van der Waals surface area (Å²) in [5.41, 5.74) is 1.02. The van der Waals surface area contributed by atoms with E-state index in [1.807, 2.05) is 6.07 Å². The van der Waals surface area contributed by atoms with Crippen LogP contribution in [0.3, 0.4) is 0 Å². The highest BCUT2D eigenvalue weighted by Crippen LogP contribution is 2.23. The van der Waals surface area contributed by atoms with Crippen molar-refractivity contribution in [3.8, 4) is 6.07 Å². The van der Waals surface area contributed by atoms with Crippen LogP contribution in [0.25, 0.3) is 0 Å². The van der Waals surface area contributed by atoms with Crippen molar-refractivity contribution < 1.29 is 14.3 Å². The Morgan fingerprint density at radius 3 is 2.82 bits per heavy atom. The number of benzene rings is 1. The smallest absolute Gasteiger partial charge is 0.310 e. The molecule has 1 rings (SSSR count). The van der Waals surface area contributed by atoms with Crippen LogP contribution in [-0.4, -0.2) is 18.9 Å². The summed E-state index contributed by atoms with van der Waals surface area (Å²) in [7, 11) is 0. The molecule has 5 heteroatoms. The highest BCUT2D eigenvalue weighted by atomic mass is 79.9. The molecule has 0 spiro atoms. The third kappa shape index (κ3) is 3.14. The molecule has 88 valence electrons. The Bertz CT molecular complexity index is 491. The van der Waals surface area contributed by atoms with Gasteiger partial charge in [0.05, 0.1) is 24.7 Å². The highest BCUT2D eigenvalue weighted by Gasteiger charge is 2.15. The van der Waals surface area contributed by atoms with Gasteiger partial charge in [-0.3, -0.25) is 9.59 Å². The molecule has 0 bridgehead atoms. The third-order valence-corrected chi connectivity index (χ3v) is 2.86. The summed E-state index contributed by atoms with van der Waals surface area (Å²) in [4.78, 5) is 22.4. The van der Waals surface area contributed by atoms with E-state index in [4.69, 9.17) is 10.00 Å². The van der Waals surface area contributed by atoms with Crippen LogP contribution >= 0.6 is 15.9 Å². The molecule has 0 amide bonds. The van der Waals surface area contributed by atoms with E-state index >= 15 is 0 Å². The first-order chi connectivity index (χ1) is 8.13. The zero-order valence-electron chi connectivity index (χ0n) is 9.20. The Hall–Kier alpha value is -1.67. The Morgan fingerprint density at radius 1 is 1.59 bits per heavy atom. The Labute approximate surface area is 107 Å². The van der Waals surface area contributed by atoms with E-state index in [0.717, 1.165) is 0 Å². The number of hydrogen-bond donors (Lipinski definition) is 0. The summed E-state index contributed by atoms with van der Waals surface area (Å²) >= 11 is 3.21. The van der Waals surface area contributed by atoms with Gasteiger partial charge in [-0.25, -0.2) is 0 Å². The number of hydrogen-bond acceptors (Lipinski definition) is 4. The fourth-order valence-electron chi connectivity index (χ4n) is 1.42. The molecule has 0 unspecified atom stereocenters. The van der Waals surface area contributed by atoms with Gasteiger partial charge in [-0.2, -0.15) is 5.26 Å². The number of carbonyl (C=O) groups is 2. The molecule has 0 heterocycles. The molecule has 1 aromatic rings. The molecule has 0 N–H and O–H groups in total. The molecule has 0 aromatic heterocycles. The normalized spacial score (nSPS) is 9.47. The highest BCUT2D eigenvalue weighted by molar-refractivity contribution is 9.10. The van der Waals surface area contributed by atoms with Crippen molar-refractivity contribution in [3.63, 3.8) is 0 Å². The van der Waals surface area contributed by atoms with E-state index in [9.17, 15) is 9.59 Å². The standard InChI is InChI=1S/C12H10BrNO3/c1-2-17-12(16)5-9-8(6-14)3-4-11(13)10(9)7-15/h3-4,7H,2,5H2,1H3. The monoisotopic (exact) mass is 295 g/mol. The van der Waals surface area contributed by atoms with Gasteiger partial charge in [0.2, 0.25) is 0 Å². The maximum absolute atomic E-state index is 11.4. The van der Waals surface area contributed by atoms with Gasteiger partial charge in [-0.15, -0.1) is 0 Å². The van der Waals surface area contributed by atoms with Gasteiger partial charge in [0.1, 0.15) is 0 Å². The lowest BCUT2D eigenvalue weighted by atomic mass is 10.00. The molecule has 0 aliphatic carbocycles. The number of rotatable bonds is 4. The Morgan fingerprint density at radius 2 is 2.29 bits per heavy atom. The molecule has 0 radical (unpaired) electrons. The van der Waals surface area contributed by atoms with Gasteiger partial charge in [-0.05, 0) is 24.6 Å². The number of nitriles is 1. The van der Waals surface area contributed by atoms with E-state index in [0.29, 0.717) is 27.4 Å². The number of esters is 1. The third-order valence-electron chi connectivity index (χ3n) is 2.17. The van der Waals surface area contributed by atoms with Crippen LogP contribution in [0.2, 0.25) is 0 Å².